The van der Waals surface area contributed by atoms with Crippen molar-refractivity contribution in [3.8, 4) is 11.1 Å². The van der Waals surface area contributed by atoms with Crippen molar-refractivity contribution in [2.45, 2.75) is 19.8 Å². The van der Waals surface area contributed by atoms with Crippen molar-refractivity contribution in [2.75, 3.05) is 6.54 Å². The minimum Gasteiger partial charge on any atom is -0.330 e. The van der Waals surface area contributed by atoms with E-state index in [9.17, 15) is 4.39 Å². The molecule has 0 heterocycles. The first-order valence-corrected chi connectivity index (χ1v) is 6.67. The summed E-state index contributed by atoms with van der Waals surface area (Å²) in [6.07, 6.45) is 0. The molecule has 1 nitrogen and oxygen atoms in total. The quantitative estimate of drug-likeness (QED) is 0.873. The highest BCUT2D eigenvalue weighted by molar-refractivity contribution is 5.63. The Balaban J connectivity index is 2.25. The Morgan fingerprint density at radius 2 is 1.37 bits per heavy atom. The monoisotopic (exact) mass is 257 g/mol. The summed E-state index contributed by atoms with van der Waals surface area (Å²) in [6.45, 7) is 5.03. The van der Waals surface area contributed by atoms with Crippen LogP contribution in [0.3, 0.4) is 0 Å². The molecule has 0 aliphatic carbocycles. The van der Waals surface area contributed by atoms with Gasteiger partial charge in [-0.15, -0.1) is 0 Å². The molecule has 0 spiro atoms. The van der Waals surface area contributed by atoms with Gasteiger partial charge in [-0.05, 0) is 47.2 Å². The van der Waals surface area contributed by atoms with E-state index < -0.39 is 0 Å². The predicted molar refractivity (Wildman–Crippen MR) is 78.5 cm³/mol. The average molecular weight is 257 g/mol. The highest BCUT2D eigenvalue weighted by atomic mass is 19.1. The topological polar surface area (TPSA) is 26.0 Å². The van der Waals surface area contributed by atoms with Crippen molar-refractivity contribution in [3.63, 3.8) is 0 Å². The van der Waals surface area contributed by atoms with Gasteiger partial charge in [0.15, 0.2) is 0 Å². The molecule has 0 aliphatic rings. The molecule has 2 aromatic carbocycles. The summed E-state index contributed by atoms with van der Waals surface area (Å²) in [5, 5.41) is 0. The van der Waals surface area contributed by atoms with Gasteiger partial charge in [-0.2, -0.15) is 0 Å². The van der Waals surface area contributed by atoms with Crippen LogP contribution < -0.4 is 5.73 Å². The van der Waals surface area contributed by atoms with Crippen molar-refractivity contribution < 1.29 is 4.39 Å². The first-order valence-electron chi connectivity index (χ1n) is 6.67. The van der Waals surface area contributed by atoms with Crippen LogP contribution in [0.15, 0.2) is 48.5 Å². The highest BCUT2D eigenvalue weighted by Gasteiger charge is 2.13. The zero-order valence-electron chi connectivity index (χ0n) is 11.4. The molecule has 0 aliphatic heterocycles. The SMILES string of the molecule is CC(C)C(CN)c1ccc(-c2ccc(F)cc2)cc1. The van der Waals surface area contributed by atoms with Gasteiger partial charge >= 0.3 is 0 Å². The van der Waals surface area contributed by atoms with Crippen molar-refractivity contribution in [2.24, 2.45) is 11.7 Å². The van der Waals surface area contributed by atoms with Crippen LogP contribution >= 0.6 is 0 Å². The van der Waals surface area contributed by atoms with Crippen molar-refractivity contribution >= 4 is 0 Å². The maximum absolute atomic E-state index is 12.9. The third-order valence-electron chi connectivity index (χ3n) is 3.58. The molecule has 1 unspecified atom stereocenters. The van der Waals surface area contributed by atoms with E-state index in [-0.39, 0.29) is 5.82 Å². The lowest BCUT2D eigenvalue weighted by molar-refractivity contribution is 0.506. The number of benzene rings is 2. The standard InChI is InChI=1S/C17H20FN/c1-12(2)17(11-19)15-5-3-13(4-6-15)14-7-9-16(18)10-8-14/h3-10,12,17H,11,19H2,1-2H3. The largest absolute Gasteiger partial charge is 0.330 e. The van der Waals surface area contributed by atoms with E-state index in [0.29, 0.717) is 18.4 Å². The normalized spacial score (nSPS) is 12.7. The predicted octanol–water partition coefficient (Wildman–Crippen LogP) is 4.19. The molecule has 2 aromatic rings. The van der Waals surface area contributed by atoms with E-state index >= 15 is 0 Å². The zero-order chi connectivity index (χ0) is 13.8. The molecule has 0 aromatic heterocycles. The van der Waals surface area contributed by atoms with Gasteiger partial charge < -0.3 is 5.73 Å². The Kier molecular flexibility index (Phi) is 4.33. The molecule has 2 heteroatoms. The molecule has 0 bridgehead atoms. The Morgan fingerprint density at radius 3 is 1.79 bits per heavy atom. The van der Waals surface area contributed by atoms with Gasteiger partial charge in [0, 0.05) is 0 Å². The van der Waals surface area contributed by atoms with Gasteiger partial charge in [-0.3, -0.25) is 0 Å². The van der Waals surface area contributed by atoms with E-state index in [1.165, 1.54) is 17.7 Å². The van der Waals surface area contributed by atoms with Crippen LogP contribution in [0.4, 0.5) is 4.39 Å². The molecular formula is C17H20FN. The van der Waals surface area contributed by atoms with Crippen LogP contribution in [0.25, 0.3) is 11.1 Å². The maximum atomic E-state index is 12.9. The average Bonchev–Trinajstić information content (AvgIpc) is 2.41. The van der Waals surface area contributed by atoms with E-state index in [1.54, 1.807) is 12.1 Å². The summed E-state index contributed by atoms with van der Waals surface area (Å²) in [5.41, 5.74) is 9.23. The summed E-state index contributed by atoms with van der Waals surface area (Å²) in [4.78, 5) is 0. The van der Waals surface area contributed by atoms with Gasteiger partial charge in [-0.25, -0.2) is 4.39 Å². The lowest BCUT2D eigenvalue weighted by atomic mass is 9.88. The van der Waals surface area contributed by atoms with Crippen molar-refractivity contribution in [3.05, 3.63) is 59.9 Å². The minimum absolute atomic E-state index is 0.205. The Morgan fingerprint density at radius 1 is 0.895 bits per heavy atom. The maximum Gasteiger partial charge on any atom is 0.123 e. The second-order valence-electron chi connectivity index (χ2n) is 5.22. The second-order valence-corrected chi connectivity index (χ2v) is 5.22. The van der Waals surface area contributed by atoms with Crippen LogP contribution in [0.5, 0.6) is 0 Å². The Labute approximate surface area is 114 Å². The van der Waals surface area contributed by atoms with Gasteiger partial charge in [0.05, 0.1) is 0 Å². The fourth-order valence-corrected chi connectivity index (χ4v) is 2.36. The van der Waals surface area contributed by atoms with Gasteiger partial charge in [-0.1, -0.05) is 50.2 Å². The first kappa shape index (κ1) is 13.8. The number of hydrogen-bond acceptors (Lipinski definition) is 1. The molecular weight excluding hydrogens is 237 g/mol. The number of rotatable bonds is 4. The fourth-order valence-electron chi connectivity index (χ4n) is 2.36. The third-order valence-corrected chi connectivity index (χ3v) is 3.58. The molecule has 0 radical (unpaired) electrons. The van der Waals surface area contributed by atoms with E-state index in [4.69, 9.17) is 5.73 Å². The zero-order valence-corrected chi connectivity index (χ0v) is 11.4. The molecule has 100 valence electrons. The molecule has 0 fully saturated rings. The summed E-state index contributed by atoms with van der Waals surface area (Å²) < 4.78 is 12.9. The minimum atomic E-state index is -0.205. The smallest absolute Gasteiger partial charge is 0.123 e. The van der Waals surface area contributed by atoms with E-state index in [1.807, 2.05) is 0 Å². The fraction of sp³-hybridized carbons (Fsp3) is 0.294. The molecule has 0 saturated heterocycles. The van der Waals surface area contributed by atoms with Gasteiger partial charge in [0.1, 0.15) is 5.82 Å². The summed E-state index contributed by atoms with van der Waals surface area (Å²) in [6, 6.07) is 15.0. The van der Waals surface area contributed by atoms with Crippen LogP contribution in [-0.4, -0.2) is 6.54 Å². The van der Waals surface area contributed by atoms with E-state index in [2.05, 4.69) is 38.1 Å². The lowest BCUT2D eigenvalue weighted by Crippen LogP contribution is -2.17. The van der Waals surface area contributed by atoms with Crippen LogP contribution in [0, 0.1) is 11.7 Å². The molecule has 0 saturated carbocycles. The molecule has 2 rings (SSSR count). The van der Waals surface area contributed by atoms with Crippen LogP contribution in [-0.2, 0) is 0 Å². The summed E-state index contributed by atoms with van der Waals surface area (Å²) in [7, 11) is 0. The summed E-state index contributed by atoms with van der Waals surface area (Å²) in [5.74, 6) is 0.715. The third kappa shape index (κ3) is 3.21. The molecule has 0 amide bonds. The molecule has 1 atom stereocenters. The van der Waals surface area contributed by atoms with Gasteiger partial charge in [0.25, 0.3) is 0 Å². The Hall–Kier alpha value is -1.67. The summed E-state index contributed by atoms with van der Waals surface area (Å²) >= 11 is 0. The van der Waals surface area contributed by atoms with Crippen LogP contribution in [0.1, 0.15) is 25.3 Å². The first-order chi connectivity index (χ1) is 9.11. The second kappa shape index (κ2) is 5.98. The van der Waals surface area contributed by atoms with Crippen molar-refractivity contribution in [1.29, 1.82) is 0 Å². The number of nitrogens with two attached hydrogens (primary N) is 1. The molecule has 19 heavy (non-hydrogen) atoms. The van der Waals surface area contributed by atoms with Gasteiger partial charge in [0.2, 0.25) is 0 Å². The highest BCUT2D eigenvalue weighted by Crippen LogP contribution is 2.26. The molecule has 2 N–H and O–H groups in total. The number of halogens is 1. The number of hydrogen-bond donors (Lipinski definition) is 1. The van der Waals surface area contributed by atoms with Crippen molar-refractivity contribution in [1.82, 2.24) is 0 Å². The Bertz CT molecular complexity index is 514. The lowest BCUT2D eigenvalue weighted by Gasteiger charge is -2.19. The van der Waals surface area contributed by atoms with E-state index in [0.717, 1.165) is 11.1 Å². The van der Waals surface area contributed by atoms with Crippen LogP contribution in [0.2, 0.25) is 0 Å².